The molecule has 1 aromatic heterocycles. The highest BCUT2D eigenvalue weighted by atomic mass is 79.9. The van der Waals surface area contributed by atoms with Gasteiger partial charge < -0.3 is 0 Å². The van der Waals surface area contributed by atoms with Crippen molar-refractivity contribution in [1.82, 2.24) is 4.98 Å². The highest BCUT2D eigenvalue weighted by molar-refractivity contribution is 9.10. The number of aromatic nitrogens is 1. The van der Waals surface area contributed by atoms with Crippen molar-refractivity contribution < 1.29 is 4.79 Å². The number of carbonyl (C=O) groups is 1. The van der Waals surface area contributed by atoms with Gasteiger partial charge in [-0.25, -0.2) is 0 Å². The van der Waals surface area contributed by atoms with Crippen LogP contribution in [0.4, 0.5) is 0 Å². The van der Waals surface area contributed by atoms with Crippen molar-refractivity contribution in [3.63, 3.8) is 0 Å². The first kappa shape index (κ1) is 13.3. The molecule has 98 valence electrons. The van der Waals surface area contributed by atoms with Gasteiger partial charge in [0.1, 0.15) is 0 Å². The molecule has 20 heavy (non-hydrogen) atoms. The number of carbonyl (C=O) groups excluding carboxylic acids is 1. The summed E-state index contributed by atoms with van der Waals surface area (Å²) >= 11 is 9.30. The summed E-state index contributed by atoms with van der Waals surface area (Å²) in [5.41, 5.74) is 2.04. The summed E-state index contributed by atoms with van der Waals surface area (Å²) in [5.74, 6) is -0.0489. The highest BCUT2D eigenvalue weighted by Crippen LogP contribution is 2.26. The van der Waals surface area contributed by atoms with Crippen LogP contribution in [0.1, 0.15) is 15.9 Å². The summed E-state index contributed by atoms with van der Waals surface area (Å²) in [4.78, 5) is 17.0. The Kier molecular flexibility index (Phi) is 3.55. The zero-order chi connectivity index (χ0) is 14.1. The van der Waals surface area contributed by atoms with E-state index in [9.17, 15) is 4.79 Å². The maximum absolute atomic E-state index is 12.7. The number of benzene rings is 2. The van der Waals surface area contributed by atoms with Crippen LogP contribution in [0.2, 0.25) is 5.02 Å². The third-order valence-corrected chi connectivity index (χ3v) is 3.96. The van der Waals surface area contributed by atoms with E-state index in [2.05, 4.69) is 20.9 Å². The molecule has 0 amide bonds. The van der Waals surface area contributed by atoms with Gasteiger partial charge in [-0.2, -0.15) is 0 Å². The fraction of sp³-hybridized carbons (Fsp3) is 0. The number of nitrogens with zero attached hydrogens (tertiary/aromatic N) is 1. The summed E-state index contributed by atoms with van der Waals surface area (Å²) in [6.07, 6.45) is 1.72. The lowest BCUT2D eigenvalue weighted by molar-refractivity contribution is 0.103. The quantitative estimate of drug-likeness (QED) is 0.619. The van der Waals surface area contributed by atoms with Crippen molar-refractivity contribution in [1.29, 1.82) is 0 Å². The minimum absolute atomic E-state index is 0.0489. The molecule has 0 saturated carbocycles. The molecule has 0 bridgehead atoms. The van der Waals surface area contributed by atoms with E-state index in [1.165, 1.54) is 0 Å². The van der Waals surface area contributed by atoms with Gasteiger partial charge in [-0.15, -0.1) is 0 Å². The van der Waals surface area contributed by atoms with Gasteiger partial charge in [-0.05, 0) is 46.3 Å². The van der Waals surface area contributed by atoms with Crippen molar-refractivity contribution in [3.8, 4) is 0 Å². The van der Waals surface area contributed by atoms with Crippen LogP contribution in [0.5, 0.6) is 0 Å². The number of fused-ring (bicyclic) bond motifs is 1. The van der Waals surface area contributed by atoms with Crippen LogP contribution in [0.3, 0.4) is 0 Å². The molecule has 0 unspecified atom stereocenters. The fourth-order valence-corrected chi connectivity index (χ4v) is 2.98. The van der Waals surface area contributed by atoms with Gasteiger partial charge in [0.25, 0.3) is 0 Å². The van der Waals surface area contributed by atoms with E-state index in [4.69, 9.17) is 11.6 Å². The van der Waals surface area contributed by atoms with Gasteiger partial charge in [-0.1, -0.05) is 29.8 Å². The Labute approximate surface area is 129 Å². The molecule has 0 radical (unpaired) electrons. The third kappa shape index (κ3) is 2.35. The van der Waals surface area contributed by atoms with Gasteiger partial charge >= 0.3 is 0 Å². The van der Waals surface area contributed by atoms with Gasteiger partial charge in [0.05, 0.1) is 5.52 Å². The molecule has 2 aromatic carbocycles. The molecule has 0 aliphatic rings. The number of hydrogen-bond acceptors (Lipinski definition) is 2. The van der Waals surface area contributed by atoms with E-state index in [0.717, 1.165) is 10.9 Å². The molecule has 4 heteroatoms. The van der Waals surface area contributed by atoms with Gasteiger partial charge in [-0.3, -0.25) is 9.78 Å². The molecule has 0 fully saturated rings. The molecule has 1 heterocycles. The number of pyridine rings is 1. The minimum atomic E-state index is -0.0489. The molecule has 2 nitrogen and oxygen atoms in total. The molecular weight excluding hydrogens is 338 g/mol. The minimum Gasteiger partial charge on any atom is -0.289 e. The summed E-state index contributed by atoms with van der Waals surface area (Å²) in [6, 6.07) is 14.4. The molecule has 0 spiro atoms. The first-order valence-corrected chi connectivity index (χ1v) is 7.17. The van der Waals surface area contributed by atoms with Crippen LogP contribution >= 0.6 is 27.5 Å². The molecule has 0 aliphatic heterocycles. The second kappa shape index (κ2) is 5.35. The van der Waals surface area contributed by atoms with Crippen molar-refractivity contribution in [2.45, 2.75) is 0 Å². The van der Waals surface area contributed by atoms with Gasteiger partial charge in [0.15, 0.2) is 5.78 Å². The lowest BCUT2D eigenvalue weighted by Crippen LogP contribution is -2.03. The van der Waals surface area contributed by atoms with Crippen LogP contribution in [0, 0.1) is 0 Å². The van der Waals surface area contributed by atoms with Crippen molar-refractivity contribution in [2.24, 2.45) is 0 Å². The Balaban J connectivity index is 2.18. The van der Waals surface area contributed by atoms with Gasteiger partial charge in [0.2, 0.25) is 0 Å². The topological polar surface area (TPSA) is 30.0 Å². The summed E-state index contributed by atoms with van der Waals surface area (Å²) in [6.45, 7) is 0. The summed E-state index contributed by atoms with van der Waals surface area (Å²) < 4.78 is 0.691. The highest BCUT2D eigenvalue weighted by Gasteiger charge is 2.15. The normalized spacial score (nSPS) is 10.7. The Morgan fingerprint density at radius 3 is 2.70 bits per heavy atom. The number of halogens is 2. The van der Waals surface area contributed by atoms with E-state index in [1.54, 1.807) is 24.4 Å². The molecular formula is C16H9BrClNO. The average Bonchev–Trinajstić information content (AvgIpc) is 2.46. The second-order valence-electron chi connectivity index (χ2n) is 4.33. The number of ketones is 1. The predicted molar refractivity (Wildman–Crippen MR) is 84.3 cm³/mol. The maximum atomic E-state index is 12.7. The van der Waals surface area contributed by atoms with Crippen molar-refractivity contribution >= 4 is 44.2 Å². The first-order chi connectivity index (χ1) is 9.66. The largest absolute Gasteiger partial charge is 0.289 e. The summed E-state index contributed by atoms with van der Waals surface area (Å²) in [7, 11) is 0. The zero-order valence-electron chi connectivity index (χ0n) is 10.3. The maximum Gasteiger partial charge on any atom is 0.194 e. The molecule has 3 aromatic rings. The predicted octanol–water partition coefficient (Wildman–Crippen LogP) is 4.88. The molecule has 0 saturated heterocycles. The molecule has 0 atom stereocenters. The van der Waals surface area contributed by atoms with E-state index in [1.807, 2.05) is 30.3 Å². The van der Waals surface area contributed by atoms with Crippen LogP contribution in [0.25, 0.3) is 10.9 Å². The molecule has 3 rings (SSSR count). The fourth-order valence-electron chi connectivity index (χ4n) is 2.12. The number of hydrogen-bond donors (Lipinski definition) is 0. The Morgan fingerprint density at radius 1 is 1.05 bits per heavy atom. The van der Waals surface area contributed by atoms with E-state index < -0.39 is 0 Å². The van der Waals surface area contributed by atoms with Crippen molar-refractivity contribution in [3.05, 3.63) is 75.4 Å². The third-order valence-electron chi connectivity index (χ3n) is 3.07. The van der Waals surface area contributed by atoms with Crippen LogP contribution < -0.4 is 0 Å². The zero-order valence-corrected chi connectivity index (χ0v) is 12.6. The monoisotopic (exact) mass is 345 g/mol. The second-order valence-corrected chi connectivity index (χ2v) is 5.62. The van der Waals surface area contributed by atoms with Crippen LogP contribution in [0.15, 0.2) is 59.2 Å². The first-order valence-electron chi connectivity index (χ1n) is 6.00. The van der Waals surface area contributed by atoms with Crippen LogP contribution in [-0.4, -0.2) is 10.8 Å². The smallest absolute Gasteiger partial charge is 0.194 e. The number of rotatable bonds is 2. The average molecular weight is 347 g/mol. The lowest BCUT2D eigenvalue weighted by atomic mass is 9.99. The Hall–Kier alpha value is -1.71. The summed E-state index contributed by atoms with van der Waals surface area (Å²) in [5, 5.41) is 1.44. The standard InChI is InChI=1S/C16H9BrClNO/c17-14-9-10(18)6-7-13(14)16(20)12-3-1-5-15-11(12)4-2-8-19-15/h1-9H. The van der Waals surface area contributed by atoms with Gasteiger partial charge in [0, 0.05) is 32.2 Å². The molecule has 0 N–H and O–H groups in total. The lowest BCUT2D eigenvalue weighted by Gasteiger charge is -2.07. The van der Waals surface area contributed by atoms with Crippen molar-refractivity contribution in [2.75, 3.05) is 0 Å². The molecule has 0 aliphatic carbocycles. The van der Waals surface area contributed by atoms with E-state index in [0.29, 0.717) is 20.6 Å². The van der Waals surface area contributed by atoms with E-state index in [-0.39, 0.29) is 5.78 Å². The van der Waals surface area contributed by atoms with E-state index >= 15 is 0 Å². The SMILES string of the molecule is O=C(c1ccc(Cl)cc1Br)c1cccc2ncccc12. The Bertz CT molecular complexity index is 811. The van der Waals surface area contributed by atoms with Crippen LogP contribution in [-0.2, 0) is 0 Å². The Morgan fingerprint density at radius 2 is 1.90 bits per heavy atom.